The molecule has 1 fully saturated rings. The van der Waals surface area contributed by atoms with E-state index in [0.29, 0.717) is 12.1 Å². The zero-order chi connectivity index (χ0) is 13.5. The Morgan fingerprint density at radius 3 is 2.42 bits per heavy atom. The minimum Gasteiger partial charge on any atom is -0.307 e. The van der Waals surface area contributed by atoms with Gasteiger partial charge >= 0.3 is 0 Å². The van der Waals surface area contributed by atoms with Gasteiger partial charge in [0.05, 0.1) is 0 Å². The molecule has 2 unspecified atom stereocenters. The summed E-state index contributed by atoms with van der Waals surface area (Å²) >= 11 is 0. The standard InChI is InChI=1S/C18H29N/c1-3-10-15(2)19-18(16-11-6-4-7-12-16)17-13-8-5-9-14-17/h4,6-7,11-12,15,17-19H,3,5,8-10,13-14H2,1-2H3. The smallest absolute Gasteiger partial charge is 0.0350 e. The molecule has 1 heteroatoms. The first kappa shape index (κ1) is 14.6. The molecule has 2 rings (SSSR count). The molecule has 0 radical (unpaired) electrons. The van der Waals surface area contributed by atoms with Gasteiger partial charge in [-0.05, 0) is 37.7 Å². The molecule has 1 aliphatic rings. The SMILES string of the molecule is CCCC(C)NC(c1ccccc1)C1CCCCC1. The third-order valence-corrected chi connectivity index (χ3v) is 4.47. The van der Waals surface area contributed by atoms with Crippen LogP contribution in [-0.2, 0) is 0 Å². The first-order valence-electron chi connectivity index (χ1n) is 8.12. The predicted molar refractivity (Wildman–Crippen MR) is 83.3 cm³/mol. The topological polar surface area (TPSA) is 12.0 Å². The average molecular weight is 259 g/mol. The van der Waals surface area contributed by atoms with Crippen molar-refractivity contribution >= 4 is 0 Å². The molecular weight excluding hydrogens is 230 g/mol. The predicted octanol–water partition coefficient (Wildman–Crippen LogP) is 5.09. The van der Waals surface area contributed by atoms with Crippen molar-refractivity contribution in [2.75, 3.05) is 0 Å². The molecule has 0 aliphatic heterocycles. The molecule has 0 amide bonds. The minimum atomic E-state index is 0.558. The lowest BCUT2D eigenvalue weighted by atomic mass is 9.80. The molecule has 106 valence electrons. The Bertz CT molecular complexity index is 340. The Morgan fingerprint density at radius 2 is 1.79 bits per heavy atom. The monoisotopic (exact) mass is 259 g/mol. The summed E-state index contributed by atoms with van der Waals surface area (Å²) < 4.78 is 0. The molecule has 0 aromatic heterocycles. The van der Waals surface area contributed by atoms with Crippen LogP contribution in [0.15, 0.2) is 30.3 Å². The lowest BCUT2D eigenvalue weighted by molar-refractivity contribution is 0.253. The average Bonchev–Trinajstić information content (AvgIpc) is 2.47. The lowest BCUT2D eigenvalue weighted by Gasteiger charge is -2.33. The molecule has 1 N–H and O–H groups in total. The van der Waals surface area contributed by atoms with E-state index >= 15 is 0 Å². The van der Waals surface area contributed by atoms with E-state index in [2.05, 4.69) is 49.5 Å². The van der Waals surface area contributed by atoms with E-state index in [4.69, 9.17) is 0 Å². The van der Waals surface area contributed by atoms with Crippen LogP contribution in [0.4, 0.5) is 0 Å². The highest BCUT2D eigenvalue weighted by atomic mass is 15.0. The van der Waals surface area contributed by atoms with Crippen LogP contribution in [0.3, 0.4) is 0 Å². The van der Waals surface area contributed by atoms with Crippen molar-refractivity contribution < 1.29 is 0 Å². The maximum atomic E-state index is 3.90. The minimum absolute atomic E-state index is 0.558. The highest BCUT2D eigenvalue weighted by Gasteiger charge is 2.25. The van der Waals surface area contributed by atoms with Gasteiger partial charge < -0.3 is 5.32 Å². The summed E-state index contributed by atoms with van der Waals surface area (Å²) in [5, 5.41) is 3.90. The van der Waals surface area contributed by atoms with Crippen LogP contribution in [-0.4, -0.2) is 6.04 Å². The number of nitrogens with one attached hydrogen (secondary N) is 1. The highest BCUT2D eigenvalue weighted by Crippen LogP contribution is 2.34. The molecule has 19 heavy (non-hydrogen) atoms. The fourth-order valence-corrected chi connectivity index (χ4v) is 3.46. The van der Waals surface area contributed by atoms with Gasteiger partial charge in [0.2, 0.25) is 0 Å². The molecule has 0 spiro atoms. The number of hydrogen-bond donors (Lipinski definition) is 1. The van der Waals surface area contributed by atoms with Gasteiger partial charge in [-0.3, -0.25) is 0 Å². The second-order valence-corrected chi connectivity index (χ2v) is 6.14. The number of benzene rings is 1. The third-order valence-electron chi connectivity index (χ3n) is 4.47. The zero-order valence-corrected chi connectivity index (χ0v) is 12.6. The summed E-state index contributed by atoms with van der Waals surface area (Å²) in [6.07, 6.45) is 9.59. The summed E-state index contributed by atoms with van der Waals surface area (Å²) in [6.45, 7) is 4.61. The van der Waals surface area contributed by atoms with Gasteiger partial charge in [0.25, 0.3) is 0 Å². The van der Waals surface area contributed by atoms with E-state index in [0.717, 1.165) is 5.92 Å². The van der Waals surface area contributed by atoms with Gasteiger partial charge in [-0.1, -0.05) is 62.9 Å². The second-order valence-electron chi connectivity index (χ2n) is 6.14. The molecule has 2 atom stereocenters. The molecule has 1 aliphatic carbocycles. The Labute approximate surface area is 118 Å². The van der Waals surface area contributed by atoms with Crippen molar-refractivity contribution in [3.63, 3.8) is 0 Å². The van der Waals surface area contributed by atoms with Crippen molar-refractivity contribution in [3.8, 4) is 0 Å². The Balaban J connectivity index is 2.08. The molecular formula is C18H29N. The zero-order valence-electron chi connectivity index (χ0n) is 12.6. The van der Waals surface area contributed by atoms with Crippen LogP contribution in [0, 0.1) is 5.92 Å². The third kappa shape index (κ3) is 4.35. The van der Waals surface area contributed by atoms with Crippen LogP contribution in [0.1, 0.15) is 70.4 Å². The Hall–Kier alpha value is -0.820. The van der Waals surface area contributed by atoms with Crippen molar-refractivity contribution in [3.05, 3.63) is 35.9 Å². The molecule has 0 heterocycles. The van der Waals surface area contributed by atoms with Crippen molar-refractivity contribution in [1.29, 1.82) is 0 Å². The fourth-order valence-electron chi connectivity index (χ4n) is 3.46. The Kier molecular flexibility index (Phi) is 5.91. The largest absolute Gasteiger partial charge is 0.307 e. The first-order chi connectivity index (χ1) is 9.31. The van der Waals surface area contributed by atoms with Crippen LogP contribution in [0.2, 0.25) is 0 Å². The molecule has 0 saturated heterocycles. The van der Waals surface area contributed by atoms with Gasteiger partial charge in [-0.25, -0.2) is 0 Å². The van der Waals surface area contributed by atoms with Gasteiger partial charge in [0.1, 0.15) is 0 Å². The highest BCUT2D eigenvalue weighted by molar-refractivity contribution is 5.20. The van der Waals surface area contributed by atoms with Crippen LogP contribution in [0.5, 0.6) is 0 Å². The molecule has 1 saturated carbocycles. The van der Waals surface area contributed by atoms with Crippen LogP contribution in [0.25, 0.3) is 0 Å². The van der Waals surface area contributed by atoms with Gasteiger partial charge in [0, 0.05) is 12.1 Å². The maximum Gasteiger partial charge on any atom is 0.0350 e. The summed E-state index contributed by atoms with van der Waals surface area (Å²) in [4.78, 5) is 0. The van der Waals surface area contributed by atoms with Gasteiger partial charge in [-0.15, -0.1) is 0 Å². The summed E-state index contributed by atoms with van der Waals surface area (Å²) in [5.74, 6) is 0.829. The normalized spacial score (nSPS) is 20.1. The Morgan fingerprint density at radius 1 is 1.11 bits per heavy atom. The second kappa shape index (κ2) is 7.69. The van der Waals surface area contributed by atoms with E-state index in [1.807, 2.05) is 0 Å². The lowest BCUT2D eigenvalue weighted by Crippen LogP contribution is -2.35. The van der Waals surface area contributed by atoms with E-state index in [1.165, 1.54) is 50.5 Å². The fraction of sp³-hybridized carbons (Fsp3) is 0.667. The van der Waals surface area contributed by atoms with Crippen LogP contribution >= 0.6 is 0 Å². The summed E-state index contributed by atoms with van der Waals surface area (Å²) in [6, 6.07) is 12.3. The molecule has 1 aromatic rings. The van der Waals surface area contributed by atoms with Gasteiger partial charge in [0.15, 0.2) is 0 Å². The number of hydrogen-bond acceptors (Lipinski definition) is 1. The summed E-state index contributed by atoms with van der Waals surface area (Å²) in [5.41, 5.74) is 1.48. The van der Waals surface area contributed by atoms with E-state index < -0.39 is 0 Å². The maximum absolute atomic E-state index is 3.90. The quantitative estimate of drug-likeness (QED) is 0.750. The summed E-state index contributed by atoms with van der Waals surface area (Å²) in [7, 11) is 0. The van der Waals surface area contributed by atoms with Crippen molar-refractivity contribution in [2.24, 2.45) is 5.92 Å². The molecule has 1 nitrogen and oxygen atoms in total. The van der Waals surface area contributed by atoms with E-state index in [1.54, 1.807) is 0 Å². The first-order valence-corrected chi connectivity index (χ1v) is 8.12. The molecule has 1 aromatic carbocycles. The van der Waals surface area contributed by atoms with Gasteiger partial charge in [-0.2, -0.15) is 0 Å². The molecule has 0 bridgehead atoms. The van der Waals surface area contributed by atoms with Crippen molar-refractivity contribution in [1.82, 2.24) is 5.32 Å². The van der Waals surface area contributed by atoms with E-state index in [9.17, 15) is 0 Å². The van der Waals surface area contributed by atoms with Crippen LogP contribution < -0.4 is 5.32 Å². The number of rotatable bonds is 6. The van der Waals surface area contributed by atoms with Crippen molar-refractivity contribution in [2.45, 2.75) is 70.9 Å². The van der Waals surface area contributed by atoms with E-state index in [-0.39, 0.29) is 0 Å².